The van der Waals surface area contributed by atoms with E-state index in [-0.39, 0.29) is 35.6 Å². The van der Waals surface area contributed by atoms with Gasteiger partial charge in [-0.1, -0.05) is 26.7 Å². The minimum Gasteiger partial charge on any atom is -1.00 e. The van der Waals surface area contributed by atoms with Gasteiger partial charge in [0.15, 0.2) is 0 Å². The van der Waals surface area contributed by atoms with Gasteiger partial charge in [-0.25, -0.2) is 0 Å². The van der Waals surface area contributed by atoms with E-state index in [4.69, 9.17) is 0 Å². The predicted molar refractivity (Wildman–Crippen MR) is 204 cm³/mol. The Kier molecular flexibility index (Phi) is 13.3. The van der Waals surface area contributed by atoms with Crippen LogP contribution < -0.4 is 35.3 Å². The zero-order valence-corrected chi connectivity index (χ0v) is 35.3. The van der Waals surface area contributed by atoms with E-state index >= 15 is 0 Å². The maximum atomic E-state index is 2.58. The van der Waals surface area contributed by atoms with E-state index < -0.39 is 0 Å². The molecule has 0 heterocycles. The molecule has 0 saturated carbocycles. The van der Waals surface area contributed by atoms with Gasteiger partial charge in [-0.3, -0.25) is 0 Å². The number of unbranched alkanes of at least 4 members (excludes halogenated alkanes) is 2. The average Bonchev–Trinajstić information content (AvgIpc) is 3.69. The van der Waals surface area contributed by atoms with Crippen LogP contribution in [0.1, 0.15) is 132 Å². The first-order chi connectivity index (χ1) is 22.9. The molecule has 6 rings (SSSR count). The van der Waals surface area contributed by atoms with Crippen molar-refractivity contribution in [1.82, 2.24) is 0 Å². The van der Waals surface area contributed by atoms with Crippen LogP contribution in [0.3, 0.4) is 0 Å². The van der Waals surface area contributed by atoms with Crippen LogP contribution >= 0.6 is 0 Å². The summed E-state index contributed by atoms with van der Waals surface area (Å²) in [5, 5.41) is 2.85. The van der Waals surface area contributed by atoms with Gasteiger partial charge in [0.05, 0.1) is 0 Å². The van der Waals surface area contributed by atoms with E-state index in [2.05, 4.69) is 146 Å². The van der Waals surface area contributed by atoms with E-state index in [1.807, 2.05) is 0 Å². The second-order valence-corrected chi connectivity index (χ2v) is 17.3. The molecule has 0 unspecified atom stereocenters. The molecule has 0 amide bonds. The summed E-state index contributed by atoms with van der Waals surface area (Å²) in [4.78, 5) is 0. The van der Waals surface area contributed by atoms with Crippen molar-refractivity contribution >= 4 is 14.4 Å². The van der Waals surface area contributed by atoms with Crippen LogP contribution in [0.4, 0.5) is 0 Å². The molecule has 0 atom stereocenters. The van der Waals surface area contributed by atoms with Crippen molar-refractivity contribution in [2.45, 2.75) is 111 Å². The van der Waals surface area contributed by atoms with Gasteiger partial charge in [0.1, 0.15) is 0 Å². The first kappa shape index (κ1) is 40.3. The number of halogens is 2. The summed E-state index contributed by atoms with van der Waals surface area (Å²) in [6, 6.07) is 29.0. The van der Waals surface area contributed by atoms with E-state index in [0.29, 0.717) is 0 Å². The fourth-order valence-electron chi connectivity index (χ4n) is 7.59. The monoisotopic (exact) mass is 777 g/mol. The van der Waals surface area contributed by atoms with Crippen LogP contribution in [0.15, 0.2) is 91.0 Å². The van der Waals surface area contributed by atoms with Crippen LogP contribution in [-0.4, -0.2) is 0 Å². The summed E-state index contributed by atoms with van der Waals surface area (Å²) in [6.45, 7) is 18.8. The SMILES string of the molecule is CCCCc1ccc(C(c2ccc(CCCC)cc2)=c2cc3c(c(C4=CC=CC4)c2C(C)(C)C)=[C]([Zr+2])c2cc(C(C)(C)C)ccc2-3)cc1.[Cl-].[Cl-]. The summed E-state index contributed by atoms with van der Waals surface area (Å²) in [6.07, 6.45) is 15.1. The number of fused-ring (bicyclic) bond motifs is 3. The molecule has 0 nitrogen and oxygen atoms in total. The number of allylic oxidation sites excluding steroid dienone is 4. The molecule has 0 bridgehead atoms. The zero-order valence-electron chi connectivity index (χ0n) is 31.4. The maximum absolute atomic E-state index is 2.58. The molecular formula is C47H53Cl2Zr. The number of rotatable bonds is 9. The van der Waals surface area contributed by atoms with Gasteiger partial charge in [0, 0.05) is 0 Å². The topological polar surface area (TPSA) is 0 Å². The minimum absolute atomic E-state index is 0. The van der Waals surface area contributed by atoms with Gasteiger partial charge in [-0.15, -0.1) is 0 Å². The smallest absolute Gasteiger partial charge is 1.00 e. The van der Waals surface area contributed by atoms with Gasteiger partial charge in [-0.2, -0.15) is 0 Å². The van der Waals surface area contributed by atoms with Gasteiger partial charge in [-0.05, 0) is 0 Å². The molecule has 50 heavy (non-hydrogen) atoms. The van der Waals surface area contributed by atoms with Crippen molar-refractivity contribution in [1.29, 1.82) is 0 Å². The van der Waals surface area contributed by atoms with E-state index in [1.165, 1.54) is 131 Å². The molecule has 0 aliphatic heterocycles. The van der Waals surface area contributed by atoms with Crippen molar-refractivity contribution in [2.24, 2.45) is 0 Å². The molecule has 2 aliphatic carbocycles. The molecule has 0 fully saturated rings. The fourth-order valence-corrected chi connectivity index (χ4v) is 8.73. The third-order valence-corrected chi connectivity index (χ3v) is 11.5. The second-order valence-electron chi connectivity index (χ2n) is 16.0. The number of aryl methyl sites for hydroxylation is 2. The predicted octanol–water partition coefficient (Wildman–Crippen LogP) is 5.25. The number of benzene rings is 4. The van der Waals surface area contributed by atoms with Gasteiger partial charge in [0.25, 0.3) is 0 Å². The summed E-state index contributed by atoms with van der Waals surface area (Å²) in [5.74, 6) is 0. The van der Waals surface area contributed by atoms with Crippen molar-refractivity contribution in [3.05, 3.63) is 146 Å². The van der Waals surface area contributed by atoms with Crippen LogP contribution in [0, 0.1) is 0 Å². The first-order valence-corrected chi connectivity index (χ1v) is 19.5. The molecule has 2 aliphatic rings. The number of hydrogen-bond acceptors (Lipinski definition) is 0. The molecule has 4 aromatic rings. The third kappa shape index (κ3) is 8.12. The van der Waals surface area contributed by atoms with E-state index in [9.17, 15) is 0 Å². The van der Waals surface area contributed by atoms with Crippen LogP contribution in [0.2, 0.25) is 0 Å². The molecule has 3 heteroatoms. The van der Waals surface area contributed by atoms with Gasteiger partial charge >= 0.3 is 281 Å². The summed E-state index contributed by atoms with van der Waals surface area (Å²) >= 11 is 1.48. The maximum Gasteiger partial charge on any atom is -1.00 e. The Morgan fingerprint density at radius 1 is 0.660 bits per heavy atom. The zero-order chi connectivity index (χ0) is 34.2. The molecule has 0 saturated heterocycles. The Morgan fingerprint density at radius 3 is 1.68 bits per heavy atom. The molecule has 0 N–H and O–H groups in total. The summed E-state index contributed by atoms with van der Waals surface area (Å²) in [5.41, 5.74) is 16.9. The van der Waals surface area contributed by atoms with Crippen molar-refractivity contribution in [2.75, 3.05) is 0 Å². The third-order valence-electron chi connectivity index (χ3n) is 10.3. The largest absolute Gasteiger partial charge is 1.00 e. The Balaban J connectivity index is 0.00000281. The Hall–Kier alpha value is -2.44. The van der Waals surface area contributed by atoms with Crippen molar-refractivity contribution < 1.29 is 49.5 Å². The first-order valence-electron chi connectivity index (χ1n) is 18.3. The molecule has 4 aromatic carbocycles. The average molecular weight is 780 g/mol. The minimum atomic E-state index is -0.0712. The standard InChI is InChI=1S/C47H53.2ClH.Zr/c1-9-11-15-32-19-23-35(24-20-32)43(36-25-21-33(22-26-36)16-12-10-2)42-31-40-39-28-27-38(46(3,4)5)29-37(39)30-41(40)44(34-17-13-14-18-34)45(42)47(6,7)8;;;/h13-14,17,19-29,31H,9-12,15-16,18H2,1-8H3;2*1H;/q;;;+2/p-2. The molecular weight excluding hydrogens is 727 g/mol. The quantitative estimate of drug-likeness (QED) is 0.218. The van der Waals surface area contributed by atoms with Crippen molar-refractivity contribution in [3.8, 4) is 11.1 Å². The molecule has 0 radical (unpaired) electrons. The summed E-state index contributed by atoms with van der Waals surface area (Å²) in [7, 11) is 0. The van der Waals surface area contributed by atoms with Crippen molar-refractivity contribution in [3.63, 3.8) is 0 Å². The number of hydrogen-bond donors (Lipinski definition) is 0. The van der Waals surface area contributed by atoms with Crippen LogP contribution in [-0.2, 0) is 48.4 Å². The van der Waals surface area contributed by atoms with E-state index in [1.54, 1.807) is 0 Å². The Bertz CT molecular complexity index is 1960. The van der Waals surface area contributed by atoms with Crippen LogP contribution in [0.5, 0.6) is 0 Å². The second kappa shape index (κ2) is 16.5. The molecule has 259 valence electrons. The fraction of sp³-hybridized carbons (Fsp3) is 0.362. The van der Waals surface area contributed by atoms with Crippen LogP contribution in [0.25, 0.3) is 25.6 Å². The molecule has 0 aromatic heterocycles. The normalized spacial score (nSPS) is 13.4. The molecule has 0 spiro atoms. The Morgan fingerprint density at radius 2 is 1.22 bits per heavy atom. The van der Waals surface area contributed by atoms with Gasteiger partial charge < -0.3 is 24.8 Å². The Labute approximate surface area is 330 Å². The summed E-state index contributed by atoms with van der Waals surface area (Å²) < 4.78 is 1.50. The van der Waals surface area contributed by atoms with Gasteiger partial charge in [0.2, 0.25) is 0 Å². The van der Waals surface area contributed by atoms with E-state index in [0.717, 1.165) is 19.3 Å².